The Bertz CT molecular complexity index is 1630. The number of benzene rings is 2. The van der Waals surface area contributed by atoms with Crippen molar-refractivity contribution in [3.8, 4) is 22.5 Å². The Hall–Kier alpha value is -4.83. The van der Waals surface area contributed by atoms with Crippen molar-refractivity contribution in [3.05, 3.63) is 71.2 Å². The molecule has 45 heavy (non-hydrogen) atoms. The van der Waals surface area contributed by atoms with Crippen LogP contribution in [0, 0.1) is 13.8 Å². The van der Waals surface area contributed by atoms with E-state index in [2.05, 4.69) is 30.2 Å². The normalized spacial score (nSPS) is 12.8. The van der Waals surface area contributed by atoms with Gasteiger partial charge in [-0.05, 0) is 61.4 Å². The van der Waals surface area contributed by atoms with Crippen LogP contribution in [0.4, 0.5) is 10.6 Å². The summed E-state index contributed by atoms with van der Waals surface area (Å²) in [5.41, 5.74) is 5.46. The van der Waals surface area contributed by atoms with E-state index in [1.807, 2.05) is 62.4 Å². The average Bonchev–Trinajstić information content (AvgIpc) is 3.50. The van der Waals surface area contributed by atoms with E-state index in [9.17, 15) is 9.59 Å². The Kier molecular flexibility index (Phi) is 10.4. The van der Waals surface area contributed by atoms with E-state index >= 15 is 0 Å². The van der Waals surface area contributed by atoms with Crippen LogP contribution in [0.1, 0.15) is 48.3 Å². The predicted molar refractivity (Wildman–Crippen MR) is 157 cm³/mol. The third kappa shape index (κ3) is 8.21. The molecule has 0 aliphatic carbocycles. The van der Waals surface area contributed by atoms with E-state index in [4.69, 9.17) is 19.9 Å². The van der Waals surface area contributed by atoms with Gasteiger partial charge >= 0.3 is 6.16 Å². The van der Waals surface area contributed by atoms with Gasteiger partial charge in [-0.1, -0.05) is 48.5 Å². The number of tetrazole rings is 1. The number of fused-ring (bicyclic) bond motifs is 1. The number of hydrogen-bond acceptors (Lipinski definition) is 13. The molecular formula is C30H34N8O7. The fourth-order valence-electron chi connectivity index (χ4n) is 5.02. The molecule has 0 saturated heterocycles. The highest BCUT2D eigenvalue weighted by Gasteiger charge is 2.27. The summed E-state index contributed by atoms with van der Waals surface area (Å²) in [4.78, 5) is 41.2. The molecule has 0 saturated carbocycles. The van der Waals surface area contributed by atoms with Crippen LogP contribution >= 0.6 is 0 Å². The first-order valence-electron chi connectivity index (χ1n) is 14.5. The largest absolute Gasteiger partial charge is 0.510 e. The van der Waals surface area contributed by atoms with Crippen LogP contribution in [0.2, 0.25) is 0 Å². The molecule has 2 aromatic heterocycles. The van der Waals surface area contributed by atoms with E-state index in [0.717, 1.165) is 38.3 Å². The van der Waals surface area contributed by atoms with Crippen molar-refractivity contribution in [2.45, 2.75) is 59.2 Å². The van der Waals surface area contributed by atoms with Gasteiger partial charge < -0.3 is 9.47 Å². The predicted octanol–water partition coefficient (Wildman–Crippen LogP) is 4.19. The zero-order valence-electron chi connectivity index (χ0n) is 25.0. The molecule has 0 unspecified atom stereocenters. The van der Waals surface area contributed by atoms with Crippen LogP contribution in [0.25, 0.3) is 22.5 Å². The summed E-state index contributed by atoms with van der Waals surface area (Å²) >= 11 is 0. The number of hydrogen-bond donors (Lipinski definition) is 2. The topological polar surface area (TPSA) is 178 Å². The standard InChI is InChI=1S/C30H34N8O7/c1-20-24-14-15-27(39)36(29(24)32-21(2)31-20)18-22-10-12-23(13-11-22)25-8-4-5-9-26(25)28-33-35-37(34-28)19-44-30(40)43-16-6-3-7-17-45-38(41)42/h4-5,8-13,41-42H,3,6-7,14-19H2,1-2H3. The van der Waals surface area contributed by atoms with Crippen molar-refractivity contribution in [2.75, 3.05) is 18.1 Å². The van der Waals surface area contributed by atoms with Gasteiger partial charge in [-0.15, -0.1) is 15.0 Å². The second-order valence-corrected chi connectivity index (χ2v) is 10.4. The number of aromatic nitrogens is 6. The minimum atomic E-state index is -0.866. The summed E-state index contributed by atoms with van der Waals surface area (Å²) in [5.74, 6) is 1.74. The second kappa shape index (κ2) is 14.8. The van der Waals surface area contributed by atoms with Crippen molar-refractivity contribution in [3.63, 3.8) is 0 Å². The molecule has 15 heteroatoms. The number of rotatable bonds is 13. The molecule has 15 nitrogen and oxygen atoms in total. The molecule has 0 atom stereocenters. The molecule has 0 bridgehead atoms. The van der Waals surface area contributed by atoms with Gasteiger partial charge in [0.05, 0.1) is 25.1 Å². The van der Waals surface area contributed by atoms with Crippen molar-refractivity contribution < 1.29 is 34.3 Å². The van der Waals surface area contributed by atoms with Crippen LogP contribution in [-0.4, -0.2) is 71.3 Å². The molecule has 2 aromatic carbocycles. The molecule has 0 spiro atoms. The van der Waals surface area contributed by atoms with E-state index in [1.165, 1.54) is 0 Å². The highest BCUT2D eigenvalue weighted by molar-refractivity contribution is 5.95. The molecular weight excluding hydrogens is 584 g/mol. The Morgan fingerprint density at radius 1 is 0.933 bits per heavy atom. The van der Waals surface area contributed by atoms with E-state index in [-0.39, 0.29) is 31.2 Å². The first kappa shape index (κ1) is 31.6. The lowest BCUT2D eigenvalue weighted by Crippen LogP contribution is -2.36. The number of aryl methyl sites for hydroxylation is 2. The highest BCUT2D eigenvalue weighted by Crippen LogP contribution is 2.32. The van der Waals surface area contributed by atoms with Crippen molar-refractivity contribution in [2.24, 2.45) is 0 Å². The molecule has 0 fully saturated rings. The number of nitrogens with zero attached hydrogens (tertiary/aromatic N) is 8. The van der Waals surface area contributed by atoms with Crippen molar-refractivity contribution in [1.29, 1.82) is 0 Å². The second-order valence-electron chi connectivity index (χ2n) is 10.4. The van der Waals surface area contributed by atoms with Crippen LogP contribution in [0.15, 0.2) is 48.5 Å². The molecule has 1 amide bonds. The maximum absolute atomic E-state index is 12.9. The van der Waals surface area contributed by atoms with E-state index in [1.54, 1.807) is 4.90 Å². The molecule has 236 valence electrons. The molecule has 1 aliphatic rings. The molecule has 5 rings (SSSR count). The number of ether oxygens (including phenoxy) is 2. The maximum atomic E-state index is 12.9. The van der Waals surface area contributed by atoms with Gasteiger partial charge in [0.15, 0.2) is 0 Å². The minimum Gasteiger partial charge on any atom is -0.434 e. The monoisotopic (exact) mass is 618 g/mol. The summed E-state index contributed by atoms with van der Waals surface area (Å²) in [6, 6.07) is 15.6. The van der Waals surface area contributed by atoms with Crippen LogP contribution in [-0.2, 0) is 38.8 Å². The highest BCUT2D eigenvalue weighted by atomic mass is 17.1. The SMILES string of the molecule is Cc1nc(C)c2c(n1)N(Cc1ccc(-c3ccccc3-c3nnn(COC(=O)OCCCCCON(O)O)n3)cc1)C(=O)CC2. The fourth-order valence-corrected chi connectivity index (χ4v) is 5.02. The summed E-state index contributed by atoms with van der Waals surface area (Å²) in [5, 5.41) is 29.1. The van der Waals surface area contributed by atoms with E-state index < -0.39 is 6.16 Å². The third-order valence-electron chi connectivity index (χ3n) is 7.19. The summed E-state index contributed by atoms with van der Waals surface area (Å²) in [6.07, 6.45) is 1.97. The van der Waals surface area contributed by atoms with Crippen LogP contribution in [0.3, 0.4) is 0 Å². The van der Waals surface area contributed by atoms with Gasteiger partial charge in [0.25, 0.3) is 0 Å². The first-order valence-corrected chi connectivity index (χ1v) is 14.5. The van der Waals surface area contributed by atoms with Gasteiger partial charge in [-0.3, -0.25) is 24.9 Å². The fraction of sp³-hybridized carbons (Fsp3) is 0.367. The third-order valence-corrected chi connectivity index (χ3v) is 7.19. The van der Waals surface area contributed by atoms with Crippen LogP contribution < -0.4 is 4.90 Å². The van der Waals surface area contributed by atoms with Gasteiger partial charge in [-0.25, -0.2) is 14.8 Å². The zero-order valence-corrected chi connectivity index (χ0v) is 25.0. The number of carbonyl (C=O) groups is 2. The number of unbranched alkanes of at least 4 members (excludes halogenated alkanes) is 2. The molecule has 4 aromatic rings. The van der Waals surface area contributed by atoms with E-state index in [0.29, 0.717) is 56.1 Å². The summed E-state index contributed by atoms with van der Waals surface area (Å²) < 4.78 is 10.1. The smallest absolute Gasteiger partial charge is 0.434 e. The number of carbonyl (C=O) groups excluding carboxylic acids is 2. The molecule has 2 N–H and O–H groups in total. The summed E-state index contributed by atoms with van der Waals surface area (Å²) in [7, 11) is 0. The quantitative estimate of drug-likeness (QED) is 0.124. The van der Waals surface area contributed by atoms with Gasteiger partial charge in [0.2, 0.25) is 18.5 Å². The molecule has 0 radical (unpaired) electrons. The van der Waals surface area contributed by atoms with Gasteiger partial charge in [-0.2, -0.15) is 0 Å². The maximum Gasteiger partial charge on any atom is 0.510 e. The Morgan fingerprint density at radius 2 is 1.69 bits per heavy atom. The van der Waals surface area contributed by atoms with Gasteiger partial charge in [0, 0.05) is 23.2 Å². The Labute approximate surface area is 258 Å². The lowest BCUT2D eigenvalue weighted by molar-refractivity contribution is -0.492. The molecule has 1 aliphatic heterocycles. The van der Waals surface area contributed by atoms with Crippen molar-refractivity contribution >= 4 is 17.9 Å². The van der Waals surface area contributed by atoms with Crippen molar-refractivity contribution in [1.82, 2.24) is 35.6 Å². The Morgan fingerprint density at radius 3 is 2.47 bits per heavy atom. The number of anilines is 1. The average molecular weight is 619 g/mol. The lowest BCUT2D eigenvalue weighted by atomic mass is 9.98. The number of amides is 1. The first-order chi connectivity index (χ1) is 21.8. The lowest BCUT2D eigenvalue weighted by Gasteiger charge is -2.29. The van der Waals surface area contributed by atoms with Gasteiger partial charge in [0.1, 0.15) is 11.6 Å². The van der Waals surface area contributed by atoms with Crippen LogP contribution in [0.5, 0.6) is 0 Å². The zero-order chi connectivity index (χ0) is 31.8. The minimum absolute atomic E-state index is 0.0440. The summed E-state index contributed by atoms with van der Waals surface area (Å²) in [6.45, 7) is 4.19. The Balaban J connectivity index is 1.18. The molecule has 3 heterocycles.